The lowest BCUT2D eigenvalue weighted by atomic mass is 9.95. The van der Waals surface area contributed by atoms with Crippen LogP contribution < -0.4 is 10.5 Å². The van der Waals surface area contributed by atoms with E-state index in [1.54, 1.807) is 36.4 Å². The molecule has 8 heteroatoms. The highest BCUT2D eigenvalue weighted by Crippen LogP contribution is 2.39. The monoisotopic (exact) mass is 456 g/mol. The summed E-state index contributed by atoms with van der Waals surface area (Å²) < 4.78 is 49.0. The number of H-pyrrole nitrogens is 1. The molecule has 5 aromatic rings. The van der Waals surface area contributed by atoms with Gasteiger partial charge in [0.2, 0.25) is 0 Å². The maximum Gasteiger partial charge on any atom is 0.174 e. The average Bonchev–Trinajstić information content (AvgIpc) is 3.26. The van der Waals surface area contributed by atoms with Crippen molar-refractivity contribution >= 4 is 16.7 Å². The van der Waals surface area contributed by atoms with Crippen molar-refractivity contribution in [2.45, 2.75) is 0 Å². The number of anilines is 1. The molecule has 0 fully saturated rings. The molecule has 0 aliphatic carbocycles. The van der Waals surface area contributed by atoms with Gasteiger partial charge in [-0.05, 0) is 35.9 Å². The van der Waals surface area contributed by atoms with Crippen molar-refractivity contribution in [1.29, 1.82) is 5.26 Å². The van der Waals surface area contributed by atoms with E-state index in [2.05, 4.69) is 9.97 Å². The van der Waals surface area contributed by atoms with Gasteiger partial charge in [0.05, 0.1) is 16.8 Å². The molecule has 0 spiro atoms. The molecule has 0 aliphatic rings. The van der Waals surface area contributed by atoms with E-state index in [0.717, 1.165) is 12.1 Å². The number of aromatic nitrogens is 2. The van der Waals surface area contributed by atoms with Crippen LogP contribution in [0.4, 0.5) is 19.0 Å². The second kappa shape index (κ2) is 8.30. The van der Waals surface area contributed by atoms with Crippen LogP contribution in [0.1, 0.15) is 5.56 Å². The fourth-order valence-electron chi connectivity index (χ4n) is 3.82. The van der Waals surface area contributed by atoms with Crippen LogP contribution >= 0.6 is 0 Å². The first-order valence-corrected chi connectivity index (χ1v) is 10.1. The molecule has 0 saturated heterocycles. The fraction of sp³-hybridized carbons (Fsp3) is 0. The van der Waals surface area contributed by atoms with Gasteiger partial charge in [0.25, 0.3) is 0 Å². The van der Waals surface area contributed by atoms with Crippen molar-refractivity contribution < 1.29 is 17.9 Å². The van der Waals surface area contributed by atoms with Crippen LogP contribution in [0.25, 0.3) is 33.3 Å². The van der Waals surface area contributed by atoms with E-state index in [-0.39, 0.29) is 33.3 Å². The zero-order chi connectivity index (χ0) is 23.8. The number of benzene rings is 3. The summed E-state index contributed by atoms with van der Waals surface area (Å²) in [5, 5.41) is 10.1. The molecule has 0 amide bonds. The summed E-state index contributed by atoms with van der Waals surface area (Å²) in [7, 11) is 0. The van der Waals surface area contributed by atoms with Gasteiger partial charge in [0.1, 0.15) is 29.2 Å². The molecule has 0 saturated carbocycles. The Morgan fingerprint density at radius 1 is 0.941 bits per heavy atom. The number of pyridine rings is 1. The number of rotatable bonds is 4. The van der Waals surface area contributed by atoms with Crippen LogP contribution in [0.5, 0.6) is 11.5 Å². The van der Waals surface area contributed by atoms with E-state index in [4.69, 9.17) is 10.5 Å². The number of nitrogens with zero attached hydrogens (tertiary/aromatic N) is 2. The number of nitrogens with two attached hydrogens (primary N) is 1. The highest BCUT2D eigenvalue weighted by atomic mass is 19.1. The van der Waals surface area contributed by atoms with Crippen molar-refractivity contribution in [3.63, 3.8) is 0 Å². The summed E-state index contributed by atoms with van der Waals surface area (Å²) in [6, 6.07) is 19.4. The topological polar surface area (TPSA) is 87.7 Å². The maximum absolute atomic E-state index is 15.1. The lowest BCUT2D eigenvalue weighted by Crippen LogP contribution is -2.04. The quantitative estimate of drug-likeness (QED) is 0.321. The van der Waals surface area contributed by atoms with E-state index in [9.17, 15) is 14.0 Å². The number of ether oxygens (including phenoxy) is 1. The zero-order valence-corrected chi connectivity index (χ0v) is 17.4. The van der Waals surface area contributed by atoms with E-state index in [1.165, 1.54) is 6.20 Å². The number of nitrogen functional groups attached to an aromatic ring is 1. The first-order valence-electron chi connectivity index (χ1n) is 10.1. The molecular formula is C26H15F3N4O. The molecule has 5 rings (SSSR count). The highest BCUT2D eigenvalue weighted by Gasteiger charge is 2.23. The largest absolute Gasteiger partial charge is 0.457 e. The summed E-state index contributed by atoms with van der Waals surface area (Å²) in [6.07, 6.45) is 1.38. The Kier molecular flexibility index (Phi) is 5.15. The SMILES string of the molecule is N#Cc1c(-c2c[nH]c3c(F)cc(F)cc23)nc(N)c(F)c1-c1ccc(Oc2ccccc2)cc1. The Hall–Kier alpha value is -4.77. The Morgan fingerprint density at radius 2 is 1.65 bits per heavy atom. The van der Waals surface area contributed by atoms with Crippen LogP contribution in [0.3, 0.4) is 0 Å². The average molecular weight is 456 g/mol. The van der Waals surface area contributed by atoms with Crippen LogP contribution in [0.2, 0.25) is 0 Å². The molecule has 2 aromatic heterocycles. The van der Waals surface area contributed by atoms with Gasteiger partial charge in [0, 0.05) is 28.8 Å². The highest BCUT2D eigenvalue weighted by molar-refractivity contribution is 5.98. The first kappa shape index (κ1) is 21.1. The molecule has 166 valence electrons. The summed E-state index contributed by atoms with van der Waals surface area (Å²) in [5.41, 5.74) is 6.30. The fourth-order valence-corrected chi connectivity index (χ4v) is 3.82. The van der Waals surface area contributed by atoms with Gasteiger partial charge in [-0.15, -0.1) is 0 Å². The lowest BCUT2D eigenvalue weighted by molar-refractivity contribution is 0.483. The molecular weight excluding hydrogens is 441 g/mol. The van der Waals surface area contributed by atoms with Gasteiger partial charge in [-0.1, -0.05) is 30.3 Å². The third kappa shape index (κ3) is 3.59. The van der Waals surface area contributed by atoms with Gasteiger partial charge in [-0.25, -0.2) is 18.2 Å². The standard InChI is InChI=1S/C26H15F3N4O/c27-15-10-18-20(13-32-25(18)21(28)11-15)24-19(12-30)22(23(29)26(31)33-24)14-6-8-17(9-7-14)34-16-4-2-1-3-5-16/h1-11,13,32H,(H2,31,33). The molecule has 5 nitrogen and oxygen atoms in total. The number of hydrogen-bond acceptors (Lipinski definition) is 4. The van der Waals surface area contributed by atoms with Crippen molar-refractivity contribution in [3.8, 4) is 40.0 Å². The van der Waals surface area contributed by atoms with Crippen LogP contribution in [0, 0.1) is 28.8 Å². The van der Waals surface area contributed by atoms with Gasteiger partial charge in [0.15, 0.2) is 11.6 Å². The molecule has 0 radical (unpaired) electrons. The van der Waals surface area contributed by atoms with Gasteiger partial charge in [-0.3, -0.25) is 0 Å². The number of halogens is 3. The number of fused-ring (bicyclic) bond motifs is 1. The van der Waals surface area contributed by atoms with Crippen LogP contribution in [-0.4, -0.2) is 9.97 Å². The van der Waals surface area contributed by atoms with E-state index in [1.807, 2.05) is 24.3 Å². The van der Waals surface area contributed by atoms with Crippen molar-refractivity contribution in [2.24, 2.45) is 0 Å². The smallest absolute Gasteiger partial charge is 0.174 e. The normalized spacial score (nSPS) is 10.9. The predicted molar refractivity (Wildman–Crippen MR) is 122 cm³/mol. The van der Waals surface area contributed by atoms with Gasteiger partial charge >= 0.3 is 0 Å². The van der Waals surface area contributed by atoms with Crippen LogP contribution in [0.15, 0.2) is 72.9 Å². The van der Waals surface area contributed by atoms with Gasteiger partial charge in [-0.2, -0.15) is 5.26 Å². The molecule has 2 heterocycles. The summed E-state index contributed by atoms with van der Waals surface area (Å²) in [4.78, 5) is 6.76. The van der Waals surface area contributed by atoms with E-state index < -0.39 is 23.3 Å². The van der Waals surface area contributed by atoms with Crippen molar-refractivity contribution in [3.05, 3.63) is 95.9 Å². The lowest BCUT2D eigenvalue weighted by Gasteiger charge is -2.13. The molecule has 0 unspecified atom stereocenters. The third-order valence-corrected chi connectivity index (χ3v) is 5.36. The zero-order valence-electron chi connectivity index (χ0n) is 17.4. The summed E-state index contributed by atoms with van der Waals surface area (Å²) in [6.45, 7) is 0. The second-order valence-corrected chi connectivity index (χ2v) is 7.47. The summed E-state index contributed by atoms with van der Waals surface area (Å²) >= 11 is 0. The van der Waals surface area contributed by atoms with Crippen LogP contribution in [-0.2, 0) is 0 Å². The predicted octanol–water partition coefficient (Wildman–Crippen LogP) is 6.56. The molecule has 3 N–H and O–H groups in total. The van der Waals surface area contributed by atoms with Gasteiger partial charge < -0.3 is 15.5 Å². The summed E-state index contributed by atoms with van der Waals surface area (Å²) in [5.74, 6) is -1.76. The van der Waals surface area contributed by atoms with Crippen molar-refractivity contribution in [2.75, 3.05) is 5.73 Å². The first-order chi connectivity index (χ1) is 16.5. The molecule has 0 bridgehead atoms. The van der Waals surface area contributed by atoms with E-state index >= 15 is 4.39 Å². The second-order valence-electron chi connectivity index (χ2n) is 7.47. The van der Waals surface area contributed by atoms with E-state index in [0.29, 0.717) is 17.1 Å². The molecule has 34 heavy (non-hydrogen) atoms. The Balaban J connectivity index is 1.64. The number of hydrogen-bond donors (Lipinski definition) is 2. The Bertz CT molecular complexity index is 1570. The maximum atomic E-state index is 15.1. The molecule has 0 aliphatic heterocycles. The molecule has 0 atom stereocenters. The number of nitrogens with one attached hydrogen (secondary N) is 1. The number of aromatic amines is 1. The molecule has 3 aromatic carbocycles. The third-order valence-electron chi connectivity index (χ3n) is 5.36. The Labute approximate surface area is 191 Å². The number of nitriles is 1. The minimum atomic E-state index is -0.866. The number of para-hydroxylation sites is 1. The Morgan fingerprint density at radius 3 is 2.35 bits per heavy atom. The minimum Gasteiger partial charge on any atom is -0.457 e. The minimum absolute atomic E-state index is 0.0114. The van der Waals surface area contributed by atoms with Crippen molar-refractivity contribution in [1.82, 2.24) is 9.97 Å².